The van der Waals surface area contributed by atoms with Crippen LogP contribution in [0.3, 0.4) is 0 Å². The second kappa shape index (κ2) is 7.07. The Hall–Kier alpha value is -2.51. The molecule has 1 N–H and O–H groups in total. The summed E-state index contributed by atoms with van der Waals surface area (Å²) in [5, 5.41) is -0.258. The summed E-state index contributed by atoms with van der Waals surface area (Å²) in [6.07, 6.45) is 0. The predicted octanol–water partition coefficient (Wildman–Crippen LogP) is 1.76. The largest absolute Gasteiger partial charge is 0.744 e. The third kappa shape index (κ3) is 4.57. The van der Waals surface area contributed by atoms with Gasteiger partial charge in [0.2, 0.25) is 0 Å². The van der Waals surface area contributed by atoms with Crippen LogP contribution in [-0.2, 0) is 30.3 Å². The van der Waals surface area contributed by atoms with Crippen molar-refractivity contribution in [1.82, 2.24) is 0 Å². The van der Waals surface area contributed by atoms with Crippen molar-refractivity contribution in [3.63, 3.8) is 0 Å². The zero-order chi connectivity index (χ0) is 21.6. The molecule has 0 unspecified atom stereocenters. The summed E-state index contributed by atoms with van der Waals surface area (Å²) in [4.78, 5) is -1.84. The van der Waals surface area contributed by atoms with Crippen LogP contribution in [0.25, 0.3) is 10.8 Å². The number of rotatable bonds is 5. The molecule has 3 aromatic rings. The first-order chi connectivity index (χ1) is 13.3. The molecule has 0 saturated heterocycles. The van der Waals surface area contributed by atoms with Crippen molar-refractivity contribution in [2.24, 2.45) is 0 Å². The van der Waals surface area contributed by atoms with Crippen molar-refractivity contribution in [1.29, 1.82) is 0 Å². The summed E-state index contributed by atoms with van der Waals surface area (Å²) in [5.74, 6) is 0. The SMILES string of the molecule is Cc1ccc(S(=O)(=O)Nc2ccc3c(S(=O)(=O)[O-])cc(S(=O)(=O)[O-])cc3c2)cc1. The maximum Gasteiger partial charge on any atom is 0.261 e. The Morgan fingerprint density at radius 2 is 1.34 bits per heavy atom. The van der Waals surface area contributed by atoms with E-state index in [-0.39, 0.29) is 21.4 Å². The summed E-state index contributed by atoms with van der Waals surface area (Å²) in [5.41, 5.74) is 0.833. The quantitative estimate of drug-likeness (QED) is 0.569. The van der Waals surface area contributed by atoms with Crippen molar-refractivity contribution in [2.75, 3.05) is 4.72 Å². The number of fused-ring (bicyclic) bond motifs is 1. The molecule has 3 rings (SSSR count). The lowest BCUT2D eigenvalue weighted by Crippen LogP contribution is -2.13. The maximum absolute atomic E-state index is 12.5. The van der Waals surface area contributed by atoms with Crippen LogP contribution in [0.5, 0.6) is 0 Å². The van der Waals surface area contributed by atoms with E-state index in [9.17, 15) is 34.4 Å². The Balaban J connectivity index is 2.16. The maximum atomic E-state index is 12.5. The molecule has 29 heavy (non-hydrogen) atoms. The number of benzene rings is 3. The third-order valence-electron chi connectivity index (χ3n) is 4.03. The second-order valence-electron chi connectivity index (χ2n) is 6.18. The zero-order valence-electron chi connectivity index (χ0n) is 14.7. The van der Waals surface area contributed by atoms with Gasteiger partial charge in [-0.25, -0.2) is 25.3 Å². The molecular formula is C17H13NO8S3-2. The van der Waals surface area contributed by atoms with Crippen LogP contribution in [0, 0.1) is 6.92 Å². The van der Waals surface area contributed by atoms with Gasteiger partial charge in [-0.05, 0) is 54.1 Å². The highest BCUT2D eigenvalue weighted by Crippen LogP contribution is 2.30. The van der Waals surface area contributed by atoms with Crippen molar-refractivity contribution in [3.8, 4) is 0 Å². The Morgan fingerprint density at radius 3 is 1.90 bits per heavy atom. The van der Waals surface area contributed by atoms with E-state index in [0.717, 1.165) is 23.8 Å². The van der Waals surface area contributed by atoms with Gasteiger partial charge in [0.1, 0.15) is 20.2 Å². The summed E-state index contributed by atoms with van der Waals surface area (Å²) in [6, 6.07) is 10.8. The van der Waals surface area contributed by atoms with Crippen LogP contribution in [-0.4, -0.2) is 34.4 Å². The fourth-order valence-electron chi connectivity index (χ4n) is 2.65. The monoisotopic (exact) mass is 455 g/mol. The first-order valence-corrected chi connectivity index (χ1v) is 12.2. The third-order valence-corrected chi connectivity index (χ3v) is 7.12. The number of anilines is 1. The molecule has 0 bridgehead atoms. The van der Waals surface area contributed by atoms with Gasteiger partial charge in [-0.15, -0.1) is 0 Å². The average molecular weight is 455 g/mol. The number of aryl methyl sites for hydroxylation is 1. The molecule has 12 heteroatoms. The van der Waals surface area contributed by atoms with Crippen LogP contribution in [0.15, 0.2) is 69.3 Å². The minimum absolute atomic E-state index is 0.0206. The molecule has 0 fully saturated rings. The van der Waals surface area contributed by atoms with Crippen molar-refractivity contribution >= 4 is 46.7 Å². The molecule has 154 valence electrons. The summed E-state index contributed by atoms with van der Waals surface area (Å²) in [7, 11) is -14.1. The van der Waals surface area contributed by atoms with Gasteiger partial charge in [0, 0.05) is 5.69 Å². The molecule has 0 radical (unpaired) electrons. The Bertz CT molecular complexity index is 1430. The van der Waals surface area contributed by atoms with Gasteiger partial charge in [-0.1, -0.05) is 23.8 Å². The minimum atomic E-state index is -5.10. The molecule has 0 atom stereocenters. The smallest absolute Gasteiger partial charge is 0.261 e. The Morgan fingerprint density at radius 1 is 0.724 bits per heavy atom. The van der Waals surface area contributed by atoms with E-state index in [1.54, 1.807) is 19.1 Å². The molecule has 3 aromatic carbocycles. The first kappa shape index (κ1) is 21.2. The van der Waals surface area contributed by atoms with E-state index in [4.69, 9.17) is 0 Å². The van der Waals surface area contributed by atoms with E-state index >= 15 is 0 Å². The lowest BCUT2D eigenvalue weighted by Gasteiger charge is -2.16. The summed E-state index contributed by atoms with van der Waals surface area (Å²) < 4.78 is 95.7. The van der Waals surface area contributed by atoms with Crippen LogP contribution < -0.4 is 4.72 Å². The molecule has 0 amide bonds. The lowest BCUT2D eigenvalue weighted by molar-refractivity contribution is 0.462. The molecule has 0 aliphatic carbocycles. The van der Waals surface area contributed by atoms with Gasteiger partial charge in [-0.2, -0.15) is 0 Å². The topological polar surface area (TPSA) is 161 Å². The molecule has 0 aliphatic heterocycles. The molecule has 9 nitrogen and oxygen atoms in total. The van der Waals surface area contributed by atoms with Gasteiger partial charge >= 0.3 is 0 Å². The predicted molar refractivity (Wildman–Crippen MR) is 102 cm³/mol. The summed E-state index contributed by atoms with van der Waals surface area (Å²) in [6.45, 7) is 1.79. The van der Waals surface area contributed by atoms with E-state index < -0.39 is 40.1 Å². The minimum Gasteiger partial charge on any atom is -0.744 e. The van der Waals surface area contributed by atoms with Crippen LogP contribution >= 0.6 is 0 Å². The molecule has 0 saturated carbocycles. The highest BCUT2D eigenvalue weighted by Gasteiger charge is 2.17. The van der Waals surface area contributed by atoms with E-state index in [0.29, 0.717) is 6.07 Å². The van der Waals surface area contributed by atoms with Gasteiger partial charge in [0.25, 0.3) is 10.0 Å². The van der Waals surface area contributed by atoms with E-state index in [2.05, 4.69) is 4.72 Å². The normalized spacial score (nSPS) is 12.8. The molecular weight excluding hydrogens is 442 g/mol. The molecule has 0 heterocycles. The summed E-state index contributed by atoms with van der Waals surface area (Å²) >= 11 is 0. The van der Waals surface area contributed by atoms with Crippen LogP contribution in [0.4, 0.5) is 5.69 Å². The Labute approximate surface area is 167 Å². The fraction of sp³-hybridized carbons (Fsp3) is 0.0588. The number of sulfonamides is 1. The van der Waals surface area contributed by atoms with E-state index in [1.807, 2.05) is 0 Å². The van der Waals surface area contributed by atoms with E-state index in [1.165, 1.54) is 18.2 Å². The van der Waals surface area contributed by atoms with Crippen molar-refractivity contribution < 1.29 is 34.4 Å². The number of hydrogen-bond donors (Lipinski definition) is 1. The second-order valence-corrected chi connectivity index (χ2v) is 10.6. The fourth-order valence-corrected chi connectivity index (χ4v) is 5.04. The van der Waals surface area contributed by atoms with Gasteiger partial charge in [-0.3, -0.25) is 4.72 Å². The molecule has 0 aliphatic rings. The van der Waals surface area contributed by atoms with Crippen LogP contribution in [0.2, 0.25) is 0 Å². The highest BCUT2D eigenvalue weighted by atomic mass is 32.2. The number of hydrogen-bond acceptors (Lipinski definition) is 8. The average Bonchev–Trinajstić information content (AvgIpc) is 2.59. The first-order valence-electron chi connectivity index (χ1n) is 7.86. The zero-order valence-corrected chi connectivity index (χ0v) is 17.1. The molecule has 0 aromatic heterocycles. The number of nitrogens with one attached hydrogen (secondary N) is 1. The lowest BCUT2D eigenvalue weighted by atomic mass is 10.1. The standard InChI is InChI=1S/C17H15NO8S3/c1-11-2-5-14(6-3-11)27(19,20)18-13-4-7-16-12(8-13)9-15(28(21,22)23)10-17(16)29(24,25)26/h2-10,18H,1H3,(H,21,22,23)(H,24,25,26)/p-2. The van der Waals surface area contributed by atoms with Gasteiger partial charge in [0.05, 0.1) is 14.7 Å². The van der Waals surface area contributed by atoms with Crippen molar-refractivity contribution in [2.45, 2.75) is 21.6 Å². The van der Waals surface area contributed by atoms with Crippen molar-refractivity contribution in [3.05, 3.63) is 60.2 Å². The van der Waals surface area contributed by atoms with Gasteiger partial charge < -0.3 is 9.11 Å². The Kier molecular flexibility index (Phi) is 5.17. The molecule has 0 spiro atoms. The van der Waals surface area contributed by atoms with Crippen LogP contribution in [0.1, 0.15) is 5.56 Å². The van der Waals surface area contributed by atoms with Gasteiger partial charge in [0.15, 0.2) is 0 Å². The highest BCUT2D eigenvalue weighted by molar-refractivity contribution is 7.92.